The molecule has 3 heterocycles. The van der Waals surface area contributed by atoms with Gasteiger partial charge in [-0.3, -0.25) is 9.89 Å². The van der Waals surface area contributed by atoms with Gasteiger partial charge in [-0.15, -0.1) is 10.2 Å². The van der Waals surface area contributed by atoms with E-state index in [1.165, 1.54) is 10.7 Å². The summed E-state index contributed by atoms with van der Waals surface area (Å²) in [4.78, 5) is 27.4. The number of carboxylic acids is 1. The first kappa shape index (κ1) is 13.0. The molecule has 0 spiro atoms. The maximum Gasteiger partial charge on any atom is 0.393 e. The molecule has 0 radical (unpaired) electrons. The summed E-state index contributed by atoms with van der Waals surface area (Å²) in [5, 5.41) is 18.6. The number of nitrogens with zero attached hydrogens (tertiary/aromatic N) is 4. The number of rotatable bonds is 3. The molecule has 108 valence electrons. The zero-order valence-corrected chi connectivity index (χ0v) is 11.2. The fourth-order valence-electron chi connectivity index (χ4n) is 2.14. The number of carboxylic acid groups (broad SMARTS) is 1. The first-order chi connectivity index (χ1) is 10.0. The minimum absolute atomic E-state index is 0.0123. The van der Waals surface area contributed by atoms with Gasteiger partial charge >= 0.3 is 11.9 Å². The number of aryl methyl sites for hydroxylation is 1. The first-order valence-electron chi connectivity index (χ1n) is 6.19. The second kappa shape index (κ2) is 4.54. The van der Waals surface area contributed by atoms with Crippen molar-refractivity contribution in [2.24, 2.45) is 0 Å². The van der Waals surface area contributed by atoms with Crippen LogP contribution in [0, 0.1) is 6.92 Å². The Hall–Kier alpha value is -2.97. The molecule has 0 unspecified atom stereocenters. The van der Waals surface area contributed by atoms with Gasteiger partial charge in [-0.25, -0.2) is 14.3 Å². The average Bonchev–Trinajstić information content (AvgIpc) is 3.04. The van der Waals surface area contributed by atoms with Crippen LogP contribution in [0.5, 0.6) is 0 Å². The van der Waals surface area contributed by atoms with Gasteiger partial charge in [-0.05, 0) is 13.3 Å². The standard InChI is InChI=1S/C12H11N5O4/c1-3-6-5(2)14-8-7(4-13-17(8)11(6)18)9-15-16-10(21-9)12(19)20/h4,13H,3H2,1-2H3,(H,19,20). The van der Waals surface area contributed by atoms with E-state index in [-0.39, 0.29) is 11.4 Å². The van der Waals surface area contributed by atoms with Crippen molar-refractivity contribution in [3.8, 4) is 11.5 Å². The van der Waals surface area contributed by atoms with Gasteiger partial charge in [0.1, 0.15) is 5.56 Å². The number of aromatic nitrogens is 5. The van der Waals surface area contributed by atoms with Crippen molar-refractivity contribution in [1.29, 1.82) is 0 Å². The van der Waals surface area contributed by atoms with E-state index in [2.05, 4.69) is 20.3 Å². The lowest BCUT2D eigenvalue weighted by Crippen LogP contribution is -2.21. The predicted octanol–water partition coefficient (Wildman–Crippen LogP) is 0.642. The minimum Gasteiger partial charge on any atom is -0.474 e. The highest BCUT2D eigenvalue weighted by Crippen LogP contribution is 2.21. The number of aromatic carboxylic acids is 1. The SMILES string of the molecule is CCc1c(C)nc2c(-c3nnc(C(=O)O)o3)c[nH]n2c1=O. The van der Waals surface area contributed by atoms with E-state index < -0.39 is 11.9 Å². The second-order valence-corrected chi connectivity index (χ2v) is 4.40. The Labute approximate surface area is 117 Å². The quantitative estimate of drug-likeness (QED) is 0.724. The molecule has 0 fully saturated rings. The van der Waals surface area contributed by atoms with Crippen molar-refractivity contribution in [2.75, 3.05) is 0 Å². The number of fused-ring (bicyclic) bond motifs is 1. The molecule has 0 amide bonds. The number of aromatic amines is 1. The summed E-state index contributed by atoms with van der Waals surface area (Å²) >= 11 is 0. The smallest absolute Gasteiger partial charge is 0.393 e. The third kappa shape index (κ3) is 1.90. The van der Waals surface area contributed by atoms with Crippen molar-refractivity contribution < 1.29 is 14.3 Å². The molecule has 0 aromatic carbocycles. The Morgan fingerprint density at radius 1 is 1.48 bits per heavy atom. The third-order valence-electron chi connectivity index (χ3n) is 3.15. The van der Waals surface area contributed by atoms with Gasteiger partial charge in [-0.2, -0.15) is 0 Å². The largest absolute Gasteiger partial charge is 0.474 e. The lowest BCUT2D eigenvalue weighted by molar-refractivity contribution is 0.0654. The van der Waals surface area contributed by atoms with Crippen LogP contribution >= 0.6 is 0 Å². The molecule has 9 heteroatoms. The van der Waals surface area contributed by atoms with Crippen LogP contribution in [0.4, 0.5) is 0 Å². The van der Waals surface area contributed by atoms with Crippen LogP contribution in [0.1, 0.15) is 28.9 Å². The fraction of sp³-hybridized carbons (Fsp3) is 0.250. The molecule has 0 aliphatic rings. The Bertz CT molecular complexity index is 904. The Kier molecular flexibility index (Phi) is 2.82. The van der Waals surface area contributed by atoms with Gasteiger partial charge in [0.05, 0.1) is 0 Å². The normalized spacial score (nSPS) is 11.1. The number of hydrogen-bond acceptors (Lipinski definition) is 6. The van der Waals surface area contributed by atoms with E-state index in [9.17, 15) is 9.59 Å². The number of nitrogens with one attached hydrogen (secondary N) is 1. The molecule has 3 rings (SSSR count). The summed E-state index contributed by atoms with van der Waals surface area (Å²) in [5.41, 5.74) is 1.70. The van der Waals surface area contributed by atoms with Crippen LogP contribution in [-0.2, 0) is 6.42 Å². The Morgan fingerprint density at radius 3 is 2.86 bits per heavy atom. The minimum atomic E-state index is -1.32. The van der Waals surface area contributed by atoms with Crippen LogP contribution in [0.25, 0.3) is 17.1 Å². The van der Waals surface area contributed by atoms with E-state index in [0.29, 0.717) is 28.9 Å². The summed E-state index contributed by atoms with van der Waals surface area (Å²) in [5.74, 6) is -1.85. The molecule has 0 saturated heterocycles. The zero-order chi connectivity index (χ0) is 15.1. The molecule has 0 aliphatic heterocycles. The highest BCUT2D eigenvalue weighted by molar-refractivity contribution is 5.82. The van der Waals surface area contributed by atoms with Crippen molar-refractivity contribution in [1.82, 2.24) is 24.8 Å². The topological polar surface area (TPSA) is 126 Å². The molecule has 2 N–H and O–H groups in total. The van der Waals surface area contributed by atoms with Crippen LogP contribution < -0.4 is 5.56 Å². The maximum atomic E-state index is 12.3. The van der Waals surface area contributed by atoms with Crippen LogP contribution in [0.3, 0.4) is 0 Å². The van der Waals surface area contributed by atoms with Gasteiger partial charge in [0.15, 0.2) is 5.65 Å². The van der Waals surface area contributed by atoms with E-state index in [4.69, 9.17) is 9.52 Å². The molecule has 0 bridgehead atoms. The van der Waals surface area contributed by atoms with E-state index in [1.807, 2.05) is 6.92 Å². The van der Waals surface area contributed by atoms with Crippen LogP contribution in [-0.4, -0.2) is 35.9 Å². The van der Waals surface area contributed by atoms with E-state index >= 15 is 0 Å². The van der Waals surface area contributed by atoms with Gasteiger partial charge in [0, 0.05) is 17.5 Å². The molecular formula is C12H11N5O4. The highest BCUT2D eigenvalue weighted by Gasteiger charge is 2.20. The summed E-state index contributed by atoms with van der Waals surface area (Å²) in [7, 11) is 0. The van der Waals surface area contributed by atoms with Gasteiger partial charge in [0.25, 0.3) is 11.4 Å². The molecule has 0 saturated carbocycles. The molecule has 0 atom stereocenters. The average molecular weight is 289 g/mol. The fourth-order valence-corrected chi connectivity index (χ4v) is 2.14. The lowest BCUT2D eigenvalue weighted by Gasteiger charge is -2.02. The van der Waals surface area contributed by atoms with Crippen molar-refractivity contribution in [3.63, 3.8) is 0 Å². The summed E-state index contributed by atoms with van der Waals surface area (Å²) < 4.78 is 6.31. The highest BCUT2D eigenvalue weighted by atomic mass is 16.4. The predicted molar refractivity (Wildman–Crippen MR) is 70.2 cm³/mol. The van der Waals surface area contributed by atoms with E-state index in [1.54, 1.807) is 6.92 Å². The summed E-state index contributed by atoms with van der Waals surface area (Å²) in [6.45, 7) is 3.62. The zero-order valence-electron chi connectivity index (χ0n) is 11.2. The Morgan fingerprint density at radius 2 is 2.24 bits per heavy atom. The number of carbonyl (C=O) groups is 1. The summed E-state index contributed by atoms with van der Waals surface area (Å²) in [6, 6.07) is 0. The summed E-state index contributed by atoms with van der Waals surface area (Å²) in [6.07, 6.45) is 2.04. The molecule has 9 nitrogen and oxygen atoms in total. The van der Waals surface area contributed by atoms with Crippen LogP contribution in [0.2, 0.25) is 0 Å². The van der Waals surface area contributed by atoms with Gasteiger partial charge in [0.2, 0.25) is 0 Å². The third-order valence-corrected chi connectivity index (χ3v) is 3.15. The molecular weight excluding hydrogens is 278 g/mol. The van der Waals surface area contributed by atoms with Crippen molar-refractivity contribution in [2.45, 2.75) is 20.3 Å². The van der Waals surface area contributed by atoms with Gasteiger partial charge in [-0.1, -0.05) is 6.92 Å². The Balaban J connectivity index is 2.25. The number of H-pyrrole nitrogens is 1. The lowest BCUT2D eigenvalue weighted by atomic mass is 10.2. The van der Waals surface area contributed by atoms with Gasteiger partial charge < -0.3 is 9.52 Å². The first-order valence-corrected chi connectivity index (χ1v) is 6.19. The monoisotopic (exact) mass is 289 g/mol. The second-order valence-electron chi connectivity index (χ2n) is 4.40. The molecule has 3 aromatic heterocycles. The van der Waals surface area contributed by atoms with E-state index in [0.717, 1.165) is 0 Å². The number of hydrogen-bond donors (Lipinski definition) is 2. The van der Waals surface area contributed by atoms with Crippen molar-refractivity contribution in [3.05, 3.63) is 33.7 Å². The maximum absolute atomic E-state index is 12.3. The molecule has 21 heavy (non-hydrogen) atoms. The molecule has 3 aromatic rings. The van der Waals surface area contributed by atoms with Crippen LogP contribution in [0.15, 0.2) is 15.4 Å². The van der Waals surface area contributed by atoms with Crippen molar-refractivity contribution >= 4 is 11.6 Å². The molecule has 0 aliphatic carbocycles.